The predicted molar refractivity (Wildman–Crippen MR) is 104 cm³/mol. The maximum atomic E-state index is 12.9. The summed E-state index contributed by atoms with van der Waals surface area (Å²) in [5.41, 5.74) is 1.29. The Bertz CT molecular complexity index is 1190. The van der Waals surface area contributed by atoms with Gasteiger partial charge in [0.1, 0.15) is 23.2 Å². The van der Waals surface area contributed by atoms with Crippen molar-refractivity contribution in [3.05, 3.63) is 46.6 Å². The molecule has 0 aliphatic carbocycles. The van der Waals surface area contributed by atoms with Crippen LogP contribution in [0.1, 0.15) is 17.0 Å². The van der Waals surface area contributed by atoms with Gasteiger partial charge in [0.25, 0.3) is 0 Å². The molecular weight excluding hydrogens is 429 g/mol. The fourth-order valence-corrected chi connectivity index (χ4v) is 3.73. The number of benzene rings is 1. The molecule has 12 heteroatoms. The molecule has 0 unspecified atom stereocenters. The van der Waals surface area contributed by atoms with Gasteiger partial charge in [-0.1, -0.05) is 28.1 Å². The molecule has 4 rings (SSSR count). The average molecular weight is 441 g/mol. The van der Waals surface area contributed by atoms with Gasteiger partial charge in [-0.3, -0.25) is 0 Å². The quantitative estimate of drug-likeness (QED) is 0.411. The highest BCUT2D eigenvalue weighted by Gasteiger charge is 2.33. The summed E-state index contributed by atoms with van der Waals surface area (Å²) < 4.78 is 43.8. The lowest BCUT2D eigenvalue weighted by Gasteiger charge is -2.11. The summed E-state index contributed by atoms with van der Waals surface area (Å²) in [5, 5.41) is 10.1. The molecule has 0 saturated carbocycles. The molecule has 0 aliphatic heterocycles. The van der Waals surface area contributed by atoms with Gasteiger partial charge in [0.15, 0.2) is 21.5 Å². The average Bonchev–Trinajstić information content (AvgIpc) is 3.19. The second-order valence-corrected chi connectivity index (χ2v) is 7.42. The lowest BCUT2D eigenvalue weighted by Crippen LogP contribution is -2.06. The van der Waals surface area contributed by atoms with Crippen molar-refractivity contribution in [3.8, 4) is 0 Å². The van der Waals surface area contributed by atoms with E-state index >= 15 is 0 Å². The molecule has 3 aromatic heterocycles. The molecule has 3 heterocycles. The minimum Gasteiger partial charge on any atom is -0.359 e. The summed E-state index contributed by atoms with van der Waals surface area (Å²) in [6, 6.07) is 3.38. The number of aryl methyl sites for hydroxylation is 2. The van der Waals surface area contributed by atoms with Crippen LogP contribution in [-0.4, -0.2) is 20.1 Å². The second-order valence-electron chi connectivity index (χ2n) is 6.04. The summed E-state index contributed by atoms with van der Waals surface area (Å²) in [4.78, 5) is 13.4. The normalized spacial score (nSPS) is 11.8. The lowest BCUT2D eigenvalue weighted by molar-refractivity contribution is -0.137. The highest BCUT2D eigenvalue weighted by Crippen LogP contribution is 2.37. The smallest absolute Gasteiger partial charge is 0.359 e. The number of thiazole rings is 1. The van der Waals surface area contributed by atoms with Crippen molar-refractivity contribution in [2.75, 3.05) is 10.6 Å². The Kier molecular flexibility index (Phi) is 4.79. The molecule has 0 saturated heterocycles. The van der Waals surface area contributed by atoms with Crippen molar-refractivity contribution in [2.45, 2.75) is 20.0 Å². The fraction of sp³-hybridized carbons (Fsp3) is 0.176. The Morgan fingerprint density at radius 3 is 2.59 bits per heavy atom. The Morgan fingerprint density at radius 1 is 1.14 bits per heavy atom. The van der Waals surface area contributed by atoms with Gasteiger partial charge in [0.2, 0.25) is 0 Å². The number of hydrogen-bond donors (Lipinski definition) is 2. The van der Waals surface area contributed by atoms with Crippen molar-refractivity contribution in [3.63, 3.8) is 0 Å². The third-order valence-corrected chi connectivity index (χ3v) is 5.19. The third kappa shape index (κ3) is 3.83. The van der Waals surface area contributed by atoms with E-state index in [0.29, 0.717) is 44.1 Å². The topological polar surface area (TPSA) is 88.8 Å². The van der Waals surface area contributed by atoms with E-state index in [1.165, 1.54) is 29.8 Å². The number of fused-ring (bicyclic) bond motifs is 1. The van der Waals surface area contributed by atoms with Gasteiger partial charge in [0, 0.05) is 5.69 Å². The monoisotopic (exact) mass is 440 g/mol. The maximum Gasteiger partial charge on any atom is 0.417 e. The number of rotatable bonds is 4. The van der Waals surface area contributed by atoms with E-state index in [4.69, 9.17) is 16.1 Å². The van der Waals surface area contributed by atoms with Gasteiger partial charge in [-0.05, 0) is 32.0 Å². The van der Waals surface area contributed by atoms with Crippen molar-refractivity contribution < 1.29 is 17.7 Å². The molecule has 29 heavy (non-hydrogen) atoms. The summed E-state index contributed by atoms with van der Waals surface area (Å²) in [6.45, 7) is 3.57. The Labute approximate surface area is 170 Å². The minimum absolute atomic E-state index is 0.342. The molecule has 1 aromatic carbocycles. The van der Waals surface area contributed by atoms with Crippen LogP contribution in [0.3, 0.4) is 0 Å². The van der Waals surface area contributed by atoms with Crippen molar-refractivity contribution in [1.82, 2.24) is 20.1 Å². The molecular formula is C17H12ClF3N6OS. The van der Waals surface area contributed by atoms with Crippen LogP contribution in [0.5, 0.6) is 0 Å². The molecule has 150 valence electrons. The first-order chi connectivity index (χ1) is 13.7. The van der Waals surface area contributed by atoms with Crippen LogP contribution < -0.4 is 10.6 Å². The highest BCUT2D eigenvalue weighted by atomic mass is 35.5. The number of halogens is 4. The predicted octanol–water partition coefficient (Wildman–Crippen LogP) is 5.85. The molecule has 0 bridgehead atoms. The second kappa shape index (κ2) is 7.16. The van der Waals surface area contributed by atoms with Crippen molar-refractivity contribution in [2.24, 2.45) is 0 Å². The van der Waals surface area contributed by atoms with Gasteiger partial charge >= 0.3 is 6.18 Å². The summed E-state index contributed by atoms with van der Waals surface area (Å²) in [7, 11) is 0. The molecule has 2 N–H and O–H groups in total. The van der Waals surface area contributed by atoms with E-state index in [1.54, 1.807) is 13.8 Å². The maximum absolute atomic E-state index is 12.9. The number of aromatic nitrogens is 4. The van der Waals surface area contributed by atoms with Gasteiger partial charge < -0.3 is 15.2 Å². The van der Waals surface area contributed by atoms with Crippen LogP contribution in [-0.2, 0) is 6.18 Å². The van der Waals surface area contributed by atoms with E-state index in [-0.39, 0.29) is 0 Å². The number of nitrogens with one attached hydrogen (secondary N) is 2. The van der Waals surface area contributed by atoms with E-state index in [9.17, 15) is 13.2 Å². The first-order valence-corrected chi connectivity index (χ1v) is 9.37. The van der Waals surface area contributed by atoms with Crippen LogP contribution in [0.4, 0.5) is 35.5 Å². The van der Waals surface area contributed by atoms with Gasteiger partial charge in [0.05, 0.1) is 10.6 Å². The van der Waals surface area contributed by atoms with Crippen molar-refractivity contribution >= 4 is 55.6 Å². The van der Waals surface area contributed by atoms with E-state index < -0.39 is 16.8 Å². The van der Waals surface area contributed by atoms with Crippen LogP contribution in [0.2, 0.25) is 5.02 Å². The summed E-state index contributed by atoms with van der Waals surface area (Å²) in [5.74, 6) is 0.958. The molecule has 0 fully saturated rings. The van der Waals surface area contributed by atoms with Gasteiger partial charge in [-0.25, -0.2) is 15.0 Å². The number of alkyl halides is 3. The van der Waals surface area contributed by atoms with Crippen LogP contribution >= 0.6 is 22.9 Å². The first-order valence-electron chi connectivity index (χ1n) is 8.17. The molecule has 0 radical (unpaired) electrons. The van der Waals surface area contributed by atoms with E-state index in [2.05, 4.69) is 30.7 Å². The Morgan fingerprint density at radius 2 is 1.93 bits per heavy atom. The Hall–Kier alpha value is -2.92. The number of hydrogen-bond acceptors (Lipinski definition) is 8. The zero-order valence-electron chi connectivity index (χ0n) is 14.9. The molecule has 4 aromatic rings. The molecule has 0 amide bonds. The SMILES string of the molecule is Cc1noc(C)c1Nc1nc2c(Nc3ccc(C(F)(F)F)c(Cl)c3)ncnc2s1. The van der Waals surface area contributed by atoms with Crippen LogP contribution in [0.25, 0.3) is 10.3 Å². The van der Waals surface area contributed by atoms with Crippen molar-refractivity contribution in [1.29, 1.82) is 0 Å². The van der Waals surface area contributed by atoms with Gasteiger partial charge in [-0.2, -0.15) is 13.2 Å². The minimum atomic E-state index is -4.52. The van der Waals surface area contributed by atoms with Gasteiger partial charge in [-0.15, -0.1) is 0 Å². The number of anilines is 4. The molecule has 7 nitrogen and oxygen atoms in total. The zero-order chi connectivity index (χ0) is 20.8. The molecule has 0 aliphatic rings. The standard InChI is InChI=1S/C17H12ClF3N6OS/c1-7-12(8(2)28-27-7)25-16-26-13-14(22-6-23-15(13)29-16)24-9-3-4-10(11(18)5-9)17(19,20)21/h3-6H,1-2H3,(H,25,26)(H,22,23,24). The fourth-order valence-electron chi connectivity index (χ4n) is 2.63. The molecule has 0 spiro atoms. The lowest BCUT2D eigenvalue weighted by atomic mass is 10.2. The largest absolute Gasteiger partial charge is 0.417 e. The Balaban J connectivity index is 1.65. The first kappa shape index (κ1) is 19.4. The third-order valence-electron chi connectivity index (χ3n) is 4.00. The summed E-state index contributed by atoms with van der Waals surface area (Å²) >= 11 is 7.07. The van der Waals surface area contributed by atoms with Crippen LogP contribution in [0, 0.1) is 13.8 Å². The zero-order valence-corrected chi connectivity index (χ0v) is 16.5. The number of nitrogens with zero attached hydrogens (tertiary/aromatic N) is 4. The molecule has 0 atom stereocenters. The highest BCUT2D eigenvalue weighted by molar-refractivity contribution is 7.21. The summed E-state index contributed by atoms with van der Waals surface area (Å²) in [6.07, 6.45) is -3.18. The van der Waals surface area contributed by atoms with E-state index in [0.717, 1.165) is 6.07 Å². The van der Waals surface area contributed by atoms with Crippen LogP contribution in [0.15, 0.2) is 29.0 Å². The van der Waals surface area contributed by atoms with E-state index in [1.807, 2.05) is 0 Å².